The lowest BCUT2D eigenvalue weighted by molar-refractivity contribution is 0.281. The van der Waals surface area contributed by atoms with Crippen molar-refractivity contribution in [2.45, 2.75) is 22.8 Å². The molecule has 2 aromatic rings. The van der Waals surface area contributed by atoms with Gasteiger partial charge >= 0.3 is 0 Å². The van der Waals surface area contributed by atoms with Crippen molar-refractivity contribution in [3.63, 3.8) is 0 Å². The van der Waals surface area contributed by atoms with E-state index in [2.05, 4.69) is 10.2 Å². The Bertz CT molecular complexity index is 501. The van der Waals surface area contributed by atoms with Crippen LogP contribution in [0.5, 0.6) is 0 Å². The molecule has 1 N–H and O–H groups in total. The summed E-state index contributed by atoms with van der Waals surface area (Å²) in [5.74, 6) is -0.352. The lowest BCUT2D eigenvalue weighted by atomic mass is 10.2. The number of hydrogen-bond donors (Lipinski definition) is 1. The van der Waals surface area contributed by atoms with Crippen LogP contribution in [-0.4, -0.2) is 15.3 Å². The van der Waals surface area contributed by atoms with Crippen LogP contribution in [0.4, 0.5) is 4.39 Å². The van der Waals surface area contributed by atoms with Gasteiger partial charge in [0, 0.05) is 4.90 Å². The summed E-state index contributed by atoms with van der Waals surface area (Å²) >= 11 is 2.80. The number of rotatable bonds is 3. The molecule has 2 rings (SSSR count). The average Bonchev–Trinajstić information content (AvgIpc) is 2.63. The highest BCUT2D eigenvalue weighted by atomic mass is 32.2. The van der Waals surface area contributed by atoms with Crippen LogP contribution in [0.3, 0.4) is 0 Å². The van der Waals surface area contributed by atoms with E-state index in [1.54, 1.807) is 6.07 Å². The first-order valence-corrected chi connectivity index (χ1v) is 6.19. The standard InChI is InChI=1S/C10H9FN2OS2/c1-6-12-13-10(15-6)16-9-3-7(5-14)2-8(11)4-9/h2-4,14H,5H2,1H3. The van der Waals surface area contributed by atoms with Crippen molar-refractivity contribution < 1.29 is 9.50 Å². The summed E-state index contributed by atoms with van der Waals surface area (Å²) in [6, 6.07) is 4.47. The molecule has 1 heterocycles. The Morgan fingerprint density at radius 3 is 2.81 bits per heavy atom. The molecule has 0 fully saturated rings. The predicted octanol–water partition coefficient (Wildman–Crippen LogP) is 2.63. The molecule has 0 aliphatic carbocycles. The Balaban J connectivity index is 2.24. The summed E-state index contributed by atoms with van der Waals surface area (Å²) in [4.78, 5) is 0.722. The van der Waals surface area contributed by atoms with Gasteiger partial charge in [-0.25, -0.2) is 4.39 Å². The van der Waals surface area contributed by atoms with E-state index in [9.17, 15) is 4.39 Å². The van der Waals surface area contributed by atoms with Gasteiger partial charge in [-0.05, 0) is 30.7 Å². The van der Waals surface area contributed by atoms with Crippen molar-refractivity contribution in [3.8, 4) is 0 Å². The van der Waals surface area contributed by atoms with Crippen LogP contribution in [0.1, 0.15) is 10.6 Å². The molecular formula is C10H9FN2OS2. The van der Waals surface area contributed by atoms with Gasteiger partial charge in [-0.15, -0.1) is 10.2 Å². The second kappa shape index (κ2) is 4.90. The number of benzene rings is 1. The Labute approximate surface area is 100 Å². The second-order valence-corrected chi connectivity index (χ2v) is 5.64. The van der Waals surface area contributed by atoms with Gasteiger partial charge in [-0.2, -0.15) is 0 Å². The third-order valence-electron chi connectivity index (χ3n) is 1.83. The molecule has 1 aromatic carbocycles. The highest BCUT2D eigenvalue weighted by molar-refractivity contribution is 8.01. The van der Waals surface area contributed by atoms with E-state index in [-0.39, 0.29) is 12.4 Å². The van der Waals surface area contributed by atoms with Crippen LogP contribution >= 0.6 is 23.1 Å². The number of aryl methyl sites for hydroxylation is 1. The zero-order valence-corrected chi connectivity index (χ0v) is 10.1. The molecule has 16 heavy (non-hydrogen) atoms. The Hall–Kier alpha value is -0.980. The first-order valence-electron chi connectivity index (χ1n) is 4.55. The van der Waals surface area contributed by atoms with E-state index < -0.39 is 0 Å². The number of aromatic nitrogens is 2. The van der Waals surface area contributed by atoms with Crippen LogP contribution in [0, 0.1) is 12.7 Å². The molecule has 0 atom stereocenters. The fraction of sp³-hybridized carbons (Fsp3) is 0.200. The molecule has 0 bridgehead atoms. The summed E-state index contributed by atoms with van der Waals surface area (Å²) in [6.45, 7) is 1.70. The first-order chi connectivity index (χ1) is 7.67. The Kier molecular flexibility index (Phi) is 3.52. The molecular weight excluding hydrogens is 247 g/mol. The second-order valence-electron chi connectivity index (χ2n) is 3.14. The van der Waals surface area contributed by atoms with E-state index in [4.69, 9.17) is 5.11 Å². The average molecular weight is 256 g/mol. The monoisotopic (exact) mass is 256 g/mol. The van der Waals surface area contributed by atoms with Crippen LogP contribution < -0.4 is 0 Å². The molecule has 0 radical (unpaired) electrons. The lowest BCUT2D eigenvalue weighted by Gasteiger charge is -2.01. The molecule has 3 nitrogen and oxygen atoms in total. The number of nitrogens with zero attached hydrogens (tertiary/aromatic N) is 2. The van der Waals surface area contributed by atoms with Gasteiger partial charge in [0.1, 0.15) is 10.8 Å². The summed E-state index contributed by atoms with van der Waals surface area (Å²) in [5.41, 5.74) is 0.559. The minimum absolute atomic E-state index is 0.166. The molecule has 0 saturated carbocycles. The van der Waals surface area contributed by atoms with Crippen molar-refractivity contribution in [1.82, 2.24) is 10.2 Å². The fourth-order valence-electron chi connectivity index (χ4n) is 1.19. The molecule has 0 amide bonds. The molecule has 0 aliphatic rings. The summed E-state index contributed by atoms with van der Waals surface area (Å²) in [7, 11) is 0. The van der Waals surface area contributed by atoms with Gasteiger partial charge in [0.05, 0.1) is 6.61 Å². The van der Waals surface area contributed by atoms with Gasteiger partial charge in [0.2, 0.25) is 0 Å². The minimum atomic E-state index is -0.352. The molecule has 0 spiro atoms. The van der Waals surface area contributed by atoms with Crippen molar-refractivity contribution >= 4 is 23.1 Å². The predicted molar refractivity (Wildman–Crippen MR) is 61.1 cm³/mol. The summed E-state index contributed by atoms with van der Waals surface area (Å²) in [6.07, 6.45) is 0. The first kappa shape index (κ1) is 11.5. The molecule has 6 heteroatoms. The molecule has 84 valence electrons. The zero-order valence-electron chi connectivity index (χ0n) is 8.48. The normalized spacial score (nSPS) is 10.7. The summed E-state index contributed by atoms with van der Waals surface area (Å²) < 4.78 is 13.9. The smallest absolute Gasteiger partial charge is 0.179 e. The number of aliphatic hydroxyl groups excluding tert-OH is 1. The molecule has 0 saturated heterocycles. The van der Waals surface area contributed by atoms with Crippen LogP contribution in [0.25, 0.3) is 0 Å². The van der Waals surface area contributed by atoms with Crippen LogP contribution in [0.2, 0.25) is 0 Å². The lowest BCUT2D eigenvalue weighted by Crippen LogP contribution is -1.86. The number of hydrogen-bond acceptors (Lipinski definition) is 5. The van der Waals surface area contributed by atoms with E-state index in [1.165, 1.54) is 35.2 Å². The maximum absolute atomic E-state index is 13.2. The maximum Gasteiger partial charge on any atom is 0.179 e. The highest BCUT2D eigenvalue weighted by Gasteiger charge is 2.06. The van der Waals surface area contributed by atoms with Crippen molar-refractivity contribution in [1.29, 1.82) is 0 Å². The van der Waals surface area contributed by atoms with Crippen LogP contribution in [0.15, 0.2) is 27.4 Å². The minimum Gasteiger partial charge on any atom is -0.392 e. The topological polar surface area (TPSA) is 46.0 Å². The zero-order chi connectivity index (χ0) is 11.5. The van der Waals surface area contributed by atoms with E-state index in [1.807, 2.05) is 6.92 Å². The third kappa shape index (κ3) is 2.78. The van der Waals surface area contributed by atoms with Crippen molar-refractivity contribution in [2.24, 2.45) is 0 Å². The van der Waals surface area contributed by atoms with E-state index in [0.29, 0.717) is 5.56 Å². The van der Waals surface area contributed by atoms with E-state index in [0.717, 1.165) is 14.2 Å². The van der Waals surface area contributed by atoms with Crippen molar-refractivity contribution in [2.75, 3.05) is 0 Å². The van der Waals surface area contributed by atoms with Crippen molar-refractivity contribution in [3.05, 3.63) is 34.6 Å². The van der Waals surface area contributed by atoms with Gasteiger partial charge in [0.25, 0.3) is 0 Å². The summed E-state index contributed by atoms with van der Waals surface area (Å²) in [5, 5.41) is 17.7. The van der Waals surface area contributed by atoms with E-state index >= 15 is 0 Å². The molecule has 1 aromatic heterocycles. The van der Waals surface area contributed by atoms with Gasteiger partial charge in [-0.3, -0.25) is 0 Å². The maximum atomic E-state index is 13.2. The SMILES string of the molecule is Cc1nnc(Sc2cc(F)cc(CO)c2)s1. The third-order valence-corrected chi connectivity index (χ3v) is 3.69. The fourth-order valence-corrected chi connectivity index (χ4v) is 3.09. The largest absolute Gasteiger partial charge is 0.392 e. The van der Waals surface area contributed by atoms with Gasteiger partial charge < -0.3 is 5.11 Å². The number of aliphatic hydroxyl groups is 1. The highest BCUT2D eigenvalue weighted by Crippen LogP contribution is 2.30. The quantitative estimate of drug-likeness (QED) is 0.917. The Morgan fingerprint density at radius 2 is 2.19 bits per heavy atom. The van der Waals surface area contributed by atoms with Crippen LogP contribution in [-0.2, 0) is 6.61 Å². The Morgan fingerprint density at radius 1 is 1.38 bits per heavy atom. The number of halogens is 1. The molecule has 0 aliphatic heterocycles. The van der Waals surface area contributed by atoms with Gasteiger partial charge in [-0.1, -0.05) is 23.1 Å². The molecule has 0 unspecified atom stereocenters. The van der Waals surface area contributed by atoms with Gasteiger partial charge in [0.15, 0.2) is 4.34 Å².